The molecule has 0 spiro atoms. The summed E-state index contributed by atoms with van der Waals surface area (Å²) in [7, 11) is 0. The van der Waals surface area contributed by atoms with Crippen LogP contribution < -0.4 is 0 Å². The lowest BCUT2D eigenvalue weighted by atomic mass is 10.3. The molecule has 0 radical (unpaired) electrons. The second-order valence-electron chi connectivity index (χ2n) is 1.81. The zero-order chi connectivity index (χ0) is 8.43. The minimum absolute atomic E-state index is 0.269. The van der Waals surface area contributed by atoms with Crippen molar-refractivity contribution in [2.75, 3.05) is 0 Å². The van der Waals surface area contributed by atoms with Gasteiger partial charge in [-0.2, -0.15) is 4.39 Å². The van der Waals surface area contributed by atoms with Crippen LogP contribution in [-0.4, -0.2) is 4.98 Å². The van der Waals surface area contributed by atoms with E-state index in [0.29, 0.717) is 0 Å². The fraction of sp³-hybridized carbons (Fsp3) is 0.167. The number of hydrogen-bond acceptors (Lipinski definition) is 1. The molecule has 60 valence electrons. The van der Waals surface area contributed by atoms with Crippen molar-refractivity contribution in [2.24, 2.45) is 0 Å². The SMILES string of the molecule is Fc1nccc(C(F)F)c1Br. The summed E-state index contributed by atoms with van der Waals surface area (Å²) in [5.74, 6) is -0.914. The molecule has 1 rings (SSSR count). The van der Waals surface area contributed by atoms with E-state index in [2.05, 4.69) is 20.9 Å². The van der Waals surface area contributed by atoms with Crippen LogP contribution in [0.4, 0.5) is 13.2 Å². The van der Waals surface area contributed by atoms with Gasteiger partial charge in [0, 0.05) is 11.8 Å². The van der Waals surface area contributed by atoms with Gasteiger partial charge in [0.05, 0.1) is 4.47 Å². The van der Waals surface area contributed by atoms with Gasteiger partial charge in [-0.25, -0.2) is 13.8 Å². The van der Waals surface area contributed by atoms with Crippen molar-refractivity contribution in [1.29, 1.82) is 0 Å². The second-order valence-corrected chi connectivity index (χ2v) is 2.60. The Morgan fingerprint density at radius 1 is 1.45 bits per heavy atom. The van der Waals surface area contributed by atoms with E-state index in [0.717, 1.165) is 12.3 Å². The monoisotopic (exact) mass is 225 g/mol. The fourth-order valence-electron chi connectivity index (χ4n) is 0.600. The minimum Gasteiger partial charge on any atom is -0.227 e. The number of pyridine rings is 1. The van der Waals surface area contributed by atoms with E-state index in [1.807, 2.05) is 0 Å². The molecular weight excluding hydrogens is 223 g/mol. The van der Waals surface area contributed by atoms with E-state index in [1.165, 1.54) is 0 Å². The molecule has 0 amide bonds. The molecule has 0 saturated heterocycles. The Morgan fingerprint density at radius 3 is 2.55 bits per heavy atom. The van der Waals surface area contributed by atoms with Crippen LogP contribution in [0.15, 0.2) is 16.7 Å². The molecule has 1 aromatic heterocycles. The normalized spacial score (nSPS) is 10.6. The Hall–Kier alpha value is -0.580. The Balaban J connectivity index is 3.17. The average Bonchev–Trinajstić information content (AvgIpc) is 1.94. The lowest BCUT2D eigenvalue weighted by Gasteiger charge is -2.01. The topological polar surface area (TPSA) is 12.9 Å². The number of aromatic nitrogens is 1. The molecule has 0 fully saturated rings. The predicted molar refractivity (Wildman–Crippen MR) is 36.9 cm³/mol. The van der Waals surface area contributed by atoms with Crippen LogP contribution in [0.5, 0.6) is 0 Å². The van der Waals surface area contributed by atoms with Gasteiger partial charge in [0.25, 0.3) is 6.43 Å². The molecule has 0 saturated carbocycles. The lowest BCUT2D eigenvalue weighted by Crippen LogP contribution is -1.91. The van der Waals surface area contributed by atoms with Gasteiger partial charge < -0.3 is 0 Å². The first-order valence-corrected chi connectivity index (χ1v) is 3.50. The summed E-state index contributed by atoms with van der Waals surface area (Å²) in [6, 6.07) is 1.07. The standard InChI is InChI=1S/C6H3BrF3N/c7-4-3(5(8)9)1-2-11-6(4)10/h1-2,5H. The summed E-state index contributed by atoms with van der Waals surface area (Å²) in [6.07, 6.45) is -1.68. The highest BCUT2D eigenvalue weighted by Crippen LogP contribution is 2.27. The molecule has 1 heterocycles. The van der Waals surface area contributed by atoms with Crippen molar-refractivity contribution in [2.45, 2.75) is 6.43 Å². The third-order valence-electron chi connectivity index (χ3n) is 1.11. The Bertz CT molecular complexity index is 264. The molecule has 0 aliphatic rings. The van der Waals surface area contributed by atoms with Crippen molar-refractivity contribution < 1.29 is 13.2 Å². The summed E-state index contributed by atoms with van der Waals surface area (Å²) in [5.41, 5.74) is -0.377. The summed E-state index contributed by atoms with van der Waals surface area (Å²) < 4.78 is 36.1. The van der Waals surface area contributed by atoms with Crippen LogP contribution in [0.3, 0.4) is 0 Å². The number of alkyl halides is 2. The highest BCUT2D eigenvalue weighted by molar-refractivity contribution is 9.10. The first-order chi connectivity index (χ1) is 5.13. The molecular formula is C6H3BrF3N. The first-order valence-electron chi connectivity index (χ1n) is 2.71. The maximum atomic E-state index is 12.4. The Morgan fingerprint density at radius 2 is 2.09 bits per heavy atom. The lowest BCUT2D eigenvalue weighted by molar-refractivity contribution is 0.149. The van der Waals surface area contributed by atoms with Crippen molar-refractivity contribution in [3.05, 3.63) is 28.2 Å². The summed E-state index contributed by atoms with van der Waals surface area (Å²) in [5, 5.41) is 0. The van der Waals surface area contributed by atoms with E-state index < -0.39 is 12.4 Å². The molecule has 0 aliphatic heterocycles. The van der Waals surface area contributed by atoms with Gasteiger partial charge in [0.1, 0.15) is 0 Å². The molecule has 5 heteroatoms. The zero-order valence-corrected chi connectivity index (χ0v) is 6.78. The van der Waals surface area contributed by atoms with Gasteiger partial charge in [-0.1, -0.05) is 0 Å². The third-order valence-corrected chi connectivity index (χ3v) is 1.90. The largest absolute Gasteiger partial charge is 0.265 e. The second kappa shape index (κ2) is 3.21. The van der Waals surface area contributed by atoms with Crippen LogP contribution in [0.25, 0.3) is 0 Å². The molecule has 1 aromatic rings. The molecule has 0 aliphatic carbocycles. The van der Waals surface area contributed by atoms with Crippen molar-refractivity contribution >= 4 is 15.9 Å². The van der Waals surface area contributed by atoms with E-state index in [1.54, 1.807) is 0 Å². The highest BCUT2D eigenvalue weighted by atomic mass is 79.9. The van der Waals surface area contributed by atoms with Gasteiger partial charge in [-0.15, -0.1) is 0 Å². The van der Waals surface area contributed by atoms with E-state index in [9.17, 15) is 13.2 Å². The van der Waals surface area contributed by atoms with Crippen LogP contribution >= 0.6 is 15.9 Å². The van der Waals surface area contributed by atoms with Crippen LogP contribution in [-0.2, 0) is 0 Å². The minimum atomic E-state index is -2.68. The Labute approximate surface area is 69.4 Å². The zero-order valence-electron chi connectivity index (χ0n) is 5.19. The number of rotatable bonds is 1. The van der Waals surface area contributed by atoms with Crippen LogP contribution in [0.2, 0.25) is 0 Å². The van der Waals surface area contributed by atoms with E-state index in [4.69, 9.17) is 0 Å². The van der Waals surface area contributed by atoms with Crippen molar-refractivity contribution in [1.82, 2.24) is 4.98 Å². The summed E-state index contributed by atoms with van der Waals surface area (Å²) in [6.45, 7) is 0. The molecule has 0 aromatic carbocycles. The van der Waals surface area contributed by atoms with Crippen LogP contribution in [0.1, 0.15) is 12.0 Å². The number of nitrogens with zero attached hydrogens (tertiary/aromatic N) is 1. The quantitative estimate of drug-likeness (QED) is 0.671. The van der Waals surface area contributed by atoms with E-state index >= 15 is 0 Å². The average molecular weight is 226 g/mol. The van der Waals surface area contributed by atoms with Crippen LogP contribution in [0, 0.1) is 5.95 Å². The van der Waals surface area contributed by atoms with Gasteiger partial charge in [-0.05, 0) is 22.0 Å². The number of hydrogen-bond donors (Lipinski definition) is 0. The molecule has 1 nitrogen and oxygen atoms in total. The first kappa shape index (κ1) is 8.52. The number of halogens is 4. The summed E-state index contributed by atoms with van der Waals surface area (Å²) >= 11 is 2.66. The molecule has 0 bridgehead atoms. The fourth-order valence-corrected chi connectivity index (χ4v) is 1.01. The van der Waals surface area contributed by atoms with Crippen molar-refractivity contribution in [3.63, 3.8) is 0 Å². The maximum Gasteiger partial charge on any atom is 0.265 e. The van der Waals surface area contributed by atoms with Gasteiger partial charge in [0.2, 0.25) is 5.95 Å². The third kappa shape index (κ3) is 1.71. The smallest absolute Gasteiger partial charge is 0.227 e. The molecule has 0 N–H and O–H groups in total. The molecule has 11 heavy (non-hydrogen) atoms. The predicted octanol–water partition coefficient (Wildman–Crippen LogP) is 2.92. The highest BCUT2D eigenvalue weighted by Gasteiger charge is 2.14. The molecule has 0 atom stereocenters. The molecule has 0 unspecified atom stereocenters. The van der Waals surface area contributed by atoms with Gasteiger partial charge in [0.15, 0.2) is 0 Å². The summed E-state index contributed by atoms with van der Waals surface area (Å²) in [4.78, 5) is 3.17. The van der Waals surface area contributed by atoms with E-state index in [-0.39, 0.29) is 10.0 Å². The van der Waals surface area contributed by atoms with Gasteiger partial charge >= 0.3 is 0 Å². The maximum absolute atomic E-state index is 12.4. The van der Waals surface area contributed by atoms with Gasteiger partial charge in [-0.3, -0.25) is 0 Å². The van der Waals surface area contributed by atoms with Crippen molar-refractivity contribution in [3.8, 4) is 0 Å². The Kier molecular flexibility index (Phi) is 2.49.